The third-order valence-corrected chi connectivity index (χ3v) is 3.19. The number of methoxy groups -OCH3 is 1. The Balaban J connectivity index is 1.63. The van der Waals surface area contributed by atoms with E-state index in [1.165, 1.54) is 19.3 Å². The van der Waals surface area contributed by atoms with Crippen LogP contribution < -0.4 is 14.8 Å². The lowest BCUT2D eigenvalue weighted by Crippen LogP contribution is -2.20. The summed E-state index contributed by atoms with van der Waals surface area (Å²) in [7, 11) is 1.67. The van der Waals surface area contributed by atoms with E-state index in [1.54, 1.807) is 7.11 Å². The zero-order valence-electron chi connectivity index (χ0n) is 11.3. The molecule has 0 spiro atoms. The summed E-state index contributed by atoms with van der Waals surface area (Å²) in [4.78, 5) is 0. The Bertz CT molecular complexity index is 346. The molecule has 0 amide bonds. The van der Waals surface area contributed by atoms with Crippen molar-refractivity contribution in [3.63, 3.8) is 0 Å². The molecule has 1 aliphatic carbocycles. The zero-order chi connectivity index (χ0) is 12.8. The molecular weight excluding hydrogens is 226 g/mol. The van der Waals surface area contributed by atoms with Crippen molar-refractivity contribution in [1.29, 1.82) is 0 Å². The van der Waals surface area contributed by atoms with Gasteiger partial charge < -0.3 is 14.8 Å². The second-order valence-electron chi connectivity index (χ2n) is 4.97. The SMILES string of the molecule is COc1ccc(OC(C)CCCNC2CC2)cc1. The molecule has 0 aliphatic heterocycles. The third kappa shape index (κ3) is 4.57. The van der Waals surface area contributed by atoms with Crippen LogP contribution in [0.1, 0.15) is 32.6 Å². The molecule has 3 heteroatoms. The van der Waals surface area contributed by atoms with E-state index in [2.05, 4.69) is 12.2 Å². The molecule has 1 N–H and O–H groups in total. The Morgan fingerprint density at radius 2 is 1.89 bits per heavy atom. The molecule has 1 aliphatic rings. The predicted molar refractivity (Wildman–Crippen MR) is 73.3 cm³/mol. The summed E-state index contributed by atoms with van der Waals surface area (Å²) in [6.07, 6.45) is 5.24. The fourth-order valence-corrected chi connectivity index (χ4v) is 1.93. The molecule has 1 saturated carbocycles. The van der Waals surface area contributed by atoms with Gasteiger partial charge in [0.1, 0.15) is 11.5 Å². The molecule has 0 aromatic heterocycles. The summed E-state index contributed by atoms with van der Waals surface area (Å²) in [6, 6.07) is 8.57. The highest BCUT2D eigenvalue weighted by molar-refractivity contribution is 5.31. The van der Waals surface area contributed by atoms with E-state index in [0.717, 1.165) is 30.5 Å². The smallest absolute Gasteiger partial charge is 0.119 e. The second-order valence-corrected chi connectivity index (χ2v) is 4.97. The maximum absolute atomic E-state index is 5.85. The Hall–Kier alpha value is -1.22. The van der Waals surface area contributed by atoms with Crippen molar-refractivity contribution in [2.24, 2.45) is 0 Å². The van der Waals surface area contributed by atoms with Gasteiger partial charge in [0.05, 0.1) is 13.2 Å². The van der Waals surface area contributed by atoms with E-state index in [4.69, 9.17) is 9.47 Å². The minimum absolute atomic E-state index is 0.263. The average molecular weight is 249 g/mol. The average Bonchev–Trinajstić information content (AvgIpc) is 3.20. The zero-order valence-corrected chi connectivity index (χ0v) is 11.3. The number of rotatable bonds is 8. The first-order valence-corrected chi connectivity index (χ1v) is 6.82. The highest BCUT2D eigenvalue weighted by Gasteiger charge is 2.19. The van der Waals surface area contributed by atoms with Crippen LogP contribution in [0.25, 0.3) is 0 Å². The van der Waals surface area contributed by atoms with Gasteiger partial charge in [-0.1, -0.05) is 0 Å². The van der Waals surface area contributed by atoms with E-state index >= 15 is 0 Å². The van der Waals surface area contributed by atoms with Crippen LogP contribution in [0.15, 0.2) is 24.3 Å². The molecule has 1 fully saturated rings. The van der Waals surface area contributed by atoms with Gasteiger partial charge in [0.2, 0.25) is 0 Å². The largest absolute Gasteiger partial charge is 0.497 e. The number of hydrogen-bond acceptors (Lipinski definition) is 3. The van der Waals surface area contributed by atoms with E-state index in [1.807, 2.05) is 24.3 Å². The van der Waals surface area contributed by atoms with Crippen LogP contribution in [0.4, 0.5) is 0 Å². The number of hydrogen-bond donors (Lipinski definition) is 1. The van der Waals surface area contributed by atoms with Crippen LogP contribution in [0.5, 0.6) is 11.5 Å². The van der Waals surface area contributed by atoms with Crippen LogP contribution in [-0.4, -0.2) is 25.8 Å². The Labute approximate surface area is 109 Å². The lowest BCUT2D eigenvalue weighted by Gasteiger charge is -2.15. The van der Waals surface area contributed by atoms with Gasteiger partial charge in [-0.3, -0.25) is 0 Å². The summed E-state index contributed by atoms with van der Waals surface area (Å²) in [5.41, 5.74) is 0. The molecule has 0 heterocycles. The van der Waals surface area contributed by atoms with Crippen LogP contribution in [0.3, 0.4) is 0 Å². The molecule has 3 nitrogen and oxygen atoms in total. The fourth-order valence-electron chi connectivity index (χ4n) is 1.93. The lowest BCUT2D eigenvalue weighted by atomic mass is 10.2. The van der Waals surface area contributed by atoms with Crippen LogP contribution in [0.2, 0.25) is 0 Å². The molecule has 1 aromatic rings. The maximum Gasteiger partial charge on any atom is 0.119 e. The lowest BCUT2D eigenvalue weighted by molar-refractivity contribution is 0.207. The van der Waals surface area contributed by atoms with Crippen LogP contribution in [0, 0.1) is 0 Å². The van der Waals surface area contributed by atoms with E-state index in [9.17, 15) is 0 Å². The van der Waals surface area contributed by atoms with Crippen LogP contribution >= 0.6 is 0 Å². The minimum atomic E-state index is 0.263. The normalized spacial score (nSPS) is 16.3. The molecular formula is C15H23NO2. The van der Waals surface area contributed by atoms with Gasteiger partial charge in [0.15, 0.2) is 0 Å². The summed E-state index contributed by atoms with van der Waals surface area (Å²) in [5, 5.41) is 3.52. The van der Waals surface area contributed by atoms with Crippen molar-refractivity contribution >= 4 is 0 Å². The van der Waals surface area contributed by atoms with Crippen molar-refractivity contribution in [3.8, 4) is 11.5 Å². The quantitative estimate of drug-likeness (QED) is 0.718. The van der Waals surface area contributed by atoms with Crippen molar-refractivity contribution in [2.75, 3.05) is 13.7 Å². The predicted octanol–water partition coefficient (Wildman–Crippen LogP) is 2.99. The van der Waals surface area contributed by atoms with E-state index in [0.29, 0.717) is 0 Å². The number of nitrogens with one attached hydrogen (secondary N) is 1. The first-order valence-electron chi connectivity index (χ1n) is 6.82. The Morgan fingerprint density at radius 1 is 1.22 bits per heavy atom. The van der Waals surface area contributed by atoms with Gasteiger partial charge in [0.25, 0.3) is 0 Å². The van der Waals surface area contributed by atoms with Gasteiger partial charge in [0, 0.05) is 6.04 Å². The van der Waals surface area contributed by atoms with Crippen LogP contribution in [-0.2, 0) is 0 Å². The molecule has 18 heavy (non-hydrogen) atoms. The van der Waals surface area contributed by atoms with Gasteiger partial charge in [-0.15, -0.1) is 0 Å². The Morgan fingerprint density at radius 3 is 2.50 bits per heavy atom. The molecule has 1 unspecified atom stereocenters. The van der Waals surface area contributed by atoms with Crippen molar-refractivity contribution < 1.29 is 9.47 Å². The molecule has 0 bridgehead atoms. The van der Waals surface area contributed by atoms with Gasteiger partial charge in [-0.2, -0.15) is 0 Å². The summed E-state index contributed by atoms with van der Waals surface area (Å²) in [5.74, 6) is 1.78. The van der Waals surface area contributed by atoms with Crippen molar-refractivity contribution in [2.45, 2.75) is 44.8 Å². The molecule has 1 aromatic carbocycles. The first-order chi connectivity index (χ1) is 8.78. The monoisotopic (exact) mass is 249 g/mol. The number of ether oxygens (including phenoxy) is 2. The molecule has 0 radical (unpaired) electrons. The number of benzene rings is 1. The molecule has 0 saturated heterocycles. The molecule has 2 rings (SSSR count). The van der Waals surface area contributed by atoms with Gasteiger partial charge in [-0.25, -0.2) is 0 Å². The van der Waals surface area contributed by atoms with E-state index in [-0.39, 0.29) is 6.10 Å². The first kappa shape index (κ1) is 13.2. The molecule has 100 valence electrons. The van der Waals surface area contributed by atoms with Gasteiger partial charge in [-0.05, 0) is 63.4 Å². The highest BCUT2D eigenvalue weighted by atomic mass is 16.5. The Kier molecular flexibility index (Phi) is 4.88. The fraction of sp³-hybridized carbons (Fsp3) is 0.600. The van der Waals surface area contributed by atoms with E-state index < -0.39 is 0 Å². The molecule has 1 atom stereocenters. The minimum Gasteiger partial charge on any atom is -0.497 e. The van der Waals surface area contributed by atoms with Crippen molar-refractivity contribution in [3.05, 3.63) is 24.3 Å². The summed E-state index contributed by atoms with van der Waals surface area (Å²) in [6.45, 7) is 3.24. The standard InChI is InChI=1S/C15H23NO2/c1-12(4-3-11-16-13-5-6-13)18-15-9-7-14(17-2)8-10-15/h7-10,12-13,16H,3-6,11H2,1-2H3. The topological polar surface area (TPSA) is 30.5 Å². The third-order valence-electron chi connectivity index (χ3n) is 3.19. The maximum atomic E-state index is 5.85. The van der Waals surface area contributed by atoms with Crippen molar-refractivity contribution in [1.82, 2.24) is 5.32 Å². The highest BCUT2D eigenvalue weighted by Crippen LogP contribution is 2.20. The summed E-state index contributed by atoms with van der Waals surface area (Å²) >= 11 is 0. The summed E-state index contributed by atoms with van der Waals surface area (Å²) < 4.78 is 11.0. The van der Waals surface area contributed by atoms with Gasteiger partial charge >= 0.3 is 0 Å². The second kappa shape index (κ2) is 6.64.